The van der Waals surface area contributed by atoms with E-state index in [1.807, 2.05) is 6.07 Å². The number of aromatic nitrogens is 4. The van der Waals surface area contributed by atoms with Crippen LogP contribution in [0.3, 0.4) is 0 Å². The van der Waals surface area contributed by atoms with E-state index in [4.69, 9.17) is 0 Å². The molecule has 0 amide bonds. The molecule has 0 spiro atoms. The number of benzene rings is 1. The van der Waals surface area contributed by atoms with Gasteiger partial charge < -0.3 is 5.32 Å². The first kappa shape index (κ1) is 13.5. The Morgan fingerprint density at radius 1 is 1.30 bits per heavy atom. The van der Waals surface area contributed by atoms with Crippen LogP contribution in [0.4, 0.5) is 4.39 Å². The second-order valence-electron chi connectivity index (χ2n) is 5.35. The molecule has 3 unspecified atom stereocenters. The number of hydrogen-bond donors (Lipinski definition) is 1. The Labute approximate surface area is 122 Å². The van der Waals surface area contributed by atoms with Crippen LogP contribution in [-0.2, 0) is 0 Å². The summed E-state index contributed by atoms with van der Waals surface area (Å²) >= 11 is 0. The van der Waals surface area contributed by atoms with Crippen molar-refractivity contribution in [2.45, 2.75) is 37.3 Å². The van der Waals surface area contributed by atoms with Crippen molar-refractivity contribution in [2.75, 3.05) is 0 Å². The van der Waals surface area contributed by atoms with Crippen molar-refractivity contribution in [1.29, 1.82) is 0 Å². The highest BCUT2D eigenvalue weighted by atomic mass is 35.5. The fourth-order valence-electron chi connectivity index (χ4n) is 3.40. The Hall–Kier alpha value is -1.53. The van der Waals surface area contributed by atoms with Gasteiger partial charge >= 0.3 is 0 Å². The van der Waals surface area contributed by atoms with Crippen LogP contribution in [0.25, 0.3) is 5.69 Å². The fourth-order valence-corrected chi connectivity index (χ4v) is 3.40. The summed E-state index contributed by atoms with van der Waals surface area (Å²) in [6, 6.07) is 6.52. The number of hydrogen-bond acceptors (Lipinski definition) is 4. The first-order chi connectivity index (χ1) is 9.31. The van der Waals surface area contributed by atoms with Crippen LogP contribution < -0.4 is 5.32 Å². The molecule has 0 radical (unpaired) electrons. The zero-order valence-corrected chi connectivity index (χ0v) is 11.6. The van der Waals surface area contributed by atoms with Crippen LogP contribution in [0, 0.1) is 5.82 Å². The molecule has 20 heavy (non-hydrogen) atoms. The van der Waals surface area contributed by atoms with Gasteiger partial charge in [0.05, 0.1) is 0 Å². The van der Waals surface area contributed by atoms with Crippen LogP contribution >= 0.6 is 12.4 Å². The van der Waals surface area contributed by atoms with Crippen LogP contribution in [0.5, 0.6) is 0 Å². The van der Waals surface area contributed by atoms with Gasteiger partial charge in [-0.05, 0) is 47.4 Å². The van der Waals surface area contributed by atoms with Gasteiger partial charge in [0, 0.05) is 18.0 Å². The molecule has 2 saturated heterocycles. The monoisotopic (exact) mass is 295 g/mol. The van der Waals surface area contributed by atoms with Gasteiger partial charge in [0.2, 0.25) is 0 Å². The second-order valence-corrected chi connectivity index (χ2v) is 5.35. The maximum Gasteiger partial charge on any atom is 0.149 e. The molecule has 1 aromatic heterocycles. The van der Waals surface area contributed by atoms with Crippen molar-refractivity contribution in [3.05, 3.63) is 35.9 Å². The lowest BCUT2D eigenvalue weighted by Crippen LogP contribution is -2.21. The second kappa shape index (κ2) is 5.10. The number of tetrazole rings is 1. The van der Waals surface area contributed by atoms with E-state index in [1.165, 1.54) is 23.9 Å². The Morgan fingerprint density at radius 3 is 2.80 bits per heavy atom. The molecule has 0 saturated carbocycles. The third-order valence-electron chi connectivity index (χ3n) is 4.30. The van der Waals surface area contributed by atoms with Crippen LogP contribution in [0.2, 0.25) is 0 Å². The maximum absolute atomic E-state index is 14.2. The molecule has 3 heterocycles. The van der Waals surface area contributed by atoms with Gasteiger partial charge in [-0.15, -0.1) is 17.5 Å². The third-order valence-corrected chi connectivity index (χ3v) is 4.30. The Bertz CT molecular complexity index is 603. The Kier molecular flexibility index (Phi) is 3.43. The fraction of sp³-hybridized carbons (Fsp3) is 0.462. The number of rotatable bonds is 2. The highest BCUT2D eigenvalue weighted by Gasteiger charge is 2.39. The molecule has 2 bridgehead atoms. The lowest BCUT2D eigenvalue weighted by atomic mass is 9.84. The van der Waals surface area contributed by atoms with Gasteiger partial charge in [-0.25, -0.2) is 4.39 Å². The summed E-state index contributed by atoms with van der Waals surface area (Å²) in [4.78, 5) is 0. The van der Waals surface area contributed by atoms with E-state index in [-0.39, 0.29) is 18.2 Å². The van der Waals surface area contributed by atoms with Crippen molar-refractivity contribution in [3.8, 4) is 5.69 Å². The largest absolute Gasteiger partial charge is 0.311 e. The van der Waals surface area contributed by atoms with Crippen LogP contribution in [0.1, 0.15) is 30.7 Å². The van der Waals surface area contributed by atoms with Gasteiger partial charge in [-0.2, -0.15) is 4.68 Å². The van der Waals surface area contributed by atoms with E-state index >= 15 is 0 Å². The van der Waals surface area contributed by atoms with Gasteiger partial charge in [0.1, 0.15) is 17.8 Å². The highest BCUT2D eigenvalue weighted by molar-refractivity contribution is 5.85. The zero-order valence-electron chi connectivity index (χ0n) is 10.7. The molecule has 1 aromatic carbocycles. The predicted molar refractivity (Wildman–Crippen MR) is 73.7 cm³/mol. The first-order valence-corrected chi connectivity index (χ1v) is 6.60. The van der Waals surface area contributed by atoms with Crippen LogP contribution in [-0.4, -0.2) is 32.3 Å². The highest BCUT2D eigenvalue weighted by Crippen LogP contribution is 2.40. The summed E-state index contributed by atoms with van der Waals surface area (Å²) in [7, 11) is 0. The summed E-state index contributed by atoms with van der Waals surface area (Å²) in [5.41, 5.74) is 1.47. The number of fused-ring (bicyclic) bond motifs is 2. The summed E-state index contributed by atoms with van der Waals surface area (Å²) in [6.07, 6.45) is 4.98. The molecule has 106 valence electrons. The molecule has 7 heteroatoms. The number of halogens is 2. The van der Waals surface area contributed by atoms with Gasteiger partial charge in [-0.3, -0.25) is 0 Å². The quantitative estimate of drug-likeness (QED) is 0.918. The molecular formula is C13H15ClFN5. The van der Waals surface area contributed by atoms with E-state index in [0.717, 1.165) is 12.0 Å². The molecule has 3 atom stereocenters. The minimum atomic E-state index is -0.271. The van der Waals surface area contributed by atoms with Crippen molar-refractivity contribution in [3.63, 3.8) is 0 Å². The topological polar surface area (TPSA) is 55.6 Å². The van der Waals surface area contributed by atoms with E-state index in [9.17, 15) is 4.39 Å². The van der Waals surface area contributed by atoms with E-state index in [2.05, 4.69) is 20.8 Å². The lowest BCUT2D eigenvalue weighted by molar-refractivity contribution is 0.502. The minimum Gasteiger partial charge on any atom is -0.311 e. The molecule has 2 aliphatic heterocycles. The van der Waals surface area contributed by atoms with Crippen molar-refractivity contribution < 1.29 is 4.39 Å². The minimum absolute atomic E-state index is 0. The summed E-state index contributed by atoms with van der Waals surface area (Å²) in [6.45, 7) is 0. The normalized spacial score (nSPS) is 27.6. The summed E-state index contributed by atoms with van der Waals surface area (Å²) in [5, 5.41) is 14.3. The SMILES string of the molecule is Cl.Fc1cc(C2CC3CCC2N3)ccc1-n1cnnn1. The van der Waals surface area contributed by atoms with Gasteiger partial charge in [-0.1, -0.05) is 6.07 Å². The molecule has 2 aromatic rings. The lowest BCUT2D eigenvalue weighted by Gasteiger charge is -2.20. The van der Waals surface area contributed by atoms with Crippen LogP contribution in [0.15, 0.2) is 24.5 Å². The van der Waals surface area contributed by atoms with Crippen molar-refractivity contribution in [1.82, 2.24) is 25.5 Å². The summed E-state index contributed by atoms with van der Waals surface area (Å²) < 4.78 is 15.5. The predicted octanol–water partition coefficient (Wildman–Crippen LogP) is 1.83. The van der Waals surface area contributed by atoms with Crippen molar-refractivity contribution in [2.24, 2.45) is 0 Å². The van der Waals surface area contributed by atoms with E-state index in [1.54, 1.807) is 12.1 Å². The van der Waals surface area contributed by atoms with Gasteiger partial charge in [0.25, 0.3) is 0 Å². The molecule has 2 fully saturated rings. The summed E-state index contributed by atoms with van der Waals surface area (Å²) in [5.74, 6) is 0.170. The van der Waals surface area contributed by atoms with Gasteiger partial charge in [0.15, 0.2) is 0 Å². The third kappa shape index (κ3) is 2.09. The average molecular weight is 296 g/mol. The van der Waals surface area contributed by atoms with E-state index in [0.29, 0.717) is 23.7 Å². The number of nitrogens with zero attached hydrogens (tertiary/aromatic N) is 4. The Balaban J connectivity index is 0.00000121. The molecule has 2 aliphatic rings. The van der Waals surface area contributed by atoms with E-state index < -0.39 is 0 Å². The zero-order chi connectivity index (χ0) is 12.8. The standard InChI is InChI=1S/C13H14FN5.ClH/c14-11-5-8(10-6-9-2-3-12(10)16-9)1-4-13(11)19-7-15-17-18-19;/h1,4-5,7,9-10,12,16H,2-3,6H2;1H. The van der Waals surface area contributed by atoms with Crippen molar-refractivity contribution >= 4 is 12.4 Å². The first-order valence-electron chi connectivity index (χ1n) is 6.60. The molecular weight excluding hydrogens is 281 g/mol. The molecule has 0 aliphatic carbocycles. The maximum atomic E-state index is 14.2. The molecule has 4 rings (SSSR count). The molecule has 1 N–H and O–H groups in total. The average Bonchev–Trinajstić information content (AvgIpc) is 3.15. The molecule has 5 nitrogen and oxygen atoms in total. The number of nitrogens with one attached hydrogen (secondary N) is 1. The Morgan fingerprint density at radius 2 is 2.20 bits per heavy atom. The smallest absolute Gasteiger partial charge is 0.149 e.